The molecule has 1 aromatic heterocycles. The van der Waals surface area contributed by atoms with E-state index in [1.54, 1.807) is 30.3 Å². The summed E-state index contributed by atoms with van der Waals surface area (Å²) in [6.07, 6.45) is 2.16. The van der Waals surface area contributed by atoms with Gasteiger partial charge in [0.15, 0.2) is 17.1 Å². The van der Waals surface area contributed by atoms with Gasteiger partial charge in [0.05, 0.1) is 18.3 Å². The number of benzene rings is 2. The van der Waals surface area contributed by atoms with E-state index in [9.17, 15) is 9.18 Å². The highest BCUT2D eigenvalue weighted by Gasteiger charge is 2.36. The Labute approximate surface area is 168 Å². The minimum Gasteiger partial charge on any atom is -0.493 e. The molecule has 2 aromatic carbocycles. The maximum absolute atomic E-state index is 14.1. The summed E-state index contributed by atoms with van der Waals surface area (Å²) < 4.78 is 25.6. The molecule has 1 amide bonds. The first-order valence-corrected chi connectivity index (χ1v) is 9.27. The van der Waals surface area contributed by atoms with Crippen molar-refractivity contribution in [2.45, 2.75) is 32.3 Å². The molecule has 0 bridgehead atoms. The van der Waals surface area contributed by atoms with Crippen molar-refractivity contribution in [2.75, 3.05) is 12.4 Å². The van der Waals surface area contributed by atoms with Gasteiger partial charge in [-0.3, -0.25) is 4.79 Å². The van der Waals surface area contributed by atoms with Gasteiger partial charge < -0.3 is 20.5 Å². The highest BCUT2D eigenvalue weighted by molar-refractivity contribution is 5.93. The summed E-state index contributed by atoms with van der Waals surface area (Å²) in [7, 11) is 1.50. The van der Waals surface area contributed by atoms with Crippen molar-refractivity contribution in [2.24, 2.45) is 5.73 Å². The van der Waals surface area contributed by atoms with Gasteiger partial charge in [0.25, 0.3) is 5.91 Å². The zero-order valence-electron chi connectivity index (χ0n) is 16.5. The van der Waals surface area contributed by atoms with Gasteiger partial charge in [-0.2, -0.15) is 0 Å². The molecule has 0 aliphatic rings. The van der Waals surface area contributed by atoms with Crippen LogP contribution in [0.3, 0.4) is 0 Å². The second-order valence-electron chi connectivity index (χ2n) is 6.52. The smallest absolute Gasteiger partial charge is 0.261 e. The van der Waals surface area contributed by atoms with Crippen LogP contribution in [0.25, 0.3) is 10.9 Å². The molecule has 3 rings (SSSR count). The number of aromatic nitrogens is 2. The highest BCUT2D eigenvalue weighted by Crippen LogP contribution is 2.38. The summed E-state index contributed by atoms with van der Waals surface area (Å²) in [4.78, 5) is 20.6. The lowest BCUT2D eigenvalue weighted by atomic mass is 9.96. The molecule has 8 heteroatoms. The molecule has 0 atom stereocenters. The molecule has 0 spiro atoms. The topological polar surface area (TPSA) is 99.4 Å². The van der Waals surface area contributed by atoms with E-state index in [2.05, 4.69) is 15.3 Å². The van der Waals surface area contributed by atoms with Crippen molar-refractivity contribution in [1.82, 2.24) is 9.97 Å². The van der Waals surface area contributed by atoms with Crippen LogP contribution in [0.4, 0.5) is 15.9 Å². The summed E-state index contributed by atoms with van der Waals surface area (Å²) >= 11 is 0. The number of hydrogen-bond acceptors (Lipinski definition) is 6. The highest BCUT2D eigenvalue weighted by atomic mass is 19.1. The average molecular weight is 398 g/mol. The van der Waals surface area contributed by atoms with E-state index in [0.29, 0.717) is 41.1 Å². The third-order valence-corrected chi connectivity index (χ3v) is 4.94. The lowest BCUT2D eigenvalue weighted by Gasteiger charge is -2.30. The van der Waals surface area contributed by atoms with E-state index in [4.69, 9.17) is 15.2 Å². The summed E-state index contributed by atoms with van der Waals surface area (Å²) in [5.41, 5.74) is 5.29. The normalized spacial score (nSPS) is 11.3. The van der Waals surface area contributed by atoms with Crippen LogP contribution in [0.15, 0.2) is 42.7 Å². The third-order valence-electron chi connectivity index (χ3n) is 4.94. The molecule has 3 aromatic rings. The van der Waals surface area contributed by atoms with E-state index in [0.717, 1.165) is 0 Å². The molecule has 0 aliphatic carbocycles. The maximum Gasteiger partial charge on any atom is 0.261 e. The number of nitrogens with one attached hydrogen (secondary N) is 1. The Kier molecular flexibility index (Phi) is 5.81. The molecular formula is C21H23FN4O3. The molecule has 7 nitrogen and oxygen atoms in total. The Hall–Kier alpha value is -3.42. The zero-order valence-corrected chi connectivity index (χ0v) is 16.5. The van der Waals surface area contributed by atoms with Crippen molar-refractivity contribution in [3.8, 4) is 11.5 Å². The molecule has 3 N–H and O–H groups in total. The van der Waals surface area contributed by atoms with Crippen LogP contribution in [-0.2, 0) is 4.79 Å². The van der Waals surface area contributed by atoms with Gasteiger partial charge in [-0.25, -0.2) is 14.4 Å². The predicted molar refractivity (Wildman–Crippen MR) is 109 cm³/mol. The zero-order chi connectivity index (χ0) is 21.0. The number of nitrogens with two attached hydrogens (primary N) is 1. The van der Waals surface area contributed by atoms with Crippen LogP contribution in [0.1, 0.15) is 26.7 Å². The first-order chi connectivity index (χ1) is 13.9. The lowest BCUT2D eigenvalue weighted by molar-refractivity contribution is -0.134. The lowest BCUT2D eigenvalue weighted by Crippen LogP contribution is -2.48. The van der Waals surface area contributed by atoms with Gasteiger partial charge >= 0.3 is 0 Å². The quantitative estimate of drug-likeness (QED) is 0.596. The summed E-state index contributed by atoms with van der Waals surface area (Å²) in [6.45, 7) is 3.66. The average Bonchev–Trinajstić information content (AvgIpc) is 2.73. The van der Waals surface area contributed by atoms with Crippen LogP contribution < -0.4 is 20.5 Å². The van der Waals surface area contributed by atoms with Crippen molar-refractivity contribution in [3.63, 3.8) is 0 Å². The van der Waals surface area contributed by atoms with Crippen molar-refractivity contribution in [1.29, 1.82) is 0 Å². The van der Waals surface area contributed by atoms with Crippen LogP contribution in [0.2, 0.25) is 0 Å². The molecule has 0 saturated heterocycles. The molecule has 0 unspecified atom stereocenters. The monoisotopic (exact) mass is 398 g/mol. The fourth-order valence-electron chi connectivity index (χ4n) is 3.10. The van der Waals surface area contributed by atoms with Crippen LogP contribution in [0, 0.1) is 5.82 Å². The number of carbonyl (C=O) groups excluding carboxylic acids is 1. The fourth-order valence-corrected chi connectivity index (χ4v) is 3.10. The number of fused-ring (bicyclic) bond motifs is 1. The number of carbonyl (C=O) groups is 1. The molecule has 1 heterocycles. The first-order valence-electron chi connectivity index (χ1n) is 9.27. The van der Waals surface area contributed by atoms with E-state index < -0.39 is 17.3 Å². The minimum absolute atomic E-state index is 0.277. The van der Waals surface area contributed by atoms with Gasteiger partial charge in [0.2, 0.25) is 0 Å². The number of anilines is 2. The molecule has 152 valence electrons. The number of primary amides is 1. The maximum atomic E-state index is 14.1. The molecule has 0 aliphatic heterocycles. The Morgan fingerprint density at radius 3 is 2.52 bits per heavy atom. The van der Waals surface area contributed by atoms with E-state index >= 15 is 0 Å². The standard InChI is InChI=1S/C21H23FN4O3/c1-4-21(5-2,20(23)27)29-18-10-13-16(11-17(18)28-3)24-12-25-19(13)26-15-9-7-6-8-14(15)22/h6-12H,4-5H2,1-3H3,(H2,23,27)(H,24,25,26). The number of ether oxygens (including phenoxy) is 2. The predicted octanol–water partition coefficient (Wildman–Crippen LogP) is 3.94. The van der Waals surface area contributed by atoms with Crippen LogP contribution in [0.5, 0.6) is 11.5 Å². The Morgan fingerprint density at radius 2 is 1.90 bits per heavy atom. The van der Waals surface area contributed by atoms with Crippen molar-refractivity contribution >= 4 is 28.3 Å². The minimum atomic E-state index is -1.17. The molecular weight excluding hydrogens is 375 g/mol. The number of para-hydroxylation sites is 1. The Bertz CT molecular complexity index is 1040. The number of rotatable bonds is 8. The van der Waals surface area contributed by atoms with E-state index in [-0.39, 0.29) is 5.69 Å². The van der Waals surface area contributed by atoms with Gasteiger partial charge in [-0.1, -0.05) is 26.0 Å². The van der Waals surface area contributed by atoms with Gasteiger partial charge in [0, 0.05) is 11.5 Å². The summed E-state index contributed by atoms with van der Waals surface area (Å²) in [5, 5.41) is 3.56. The molecule has 0 radical (unpaired) electrons. The Morgan fingerprint density at radius 1 is 1.17 bits per heavy atom. The fraction of sp³-hybridized carbons (Fsp3) is 0.286. The Balaban J connectivity index is 2.11. The number of halogens is 1. The number of hydrogen-bond donors (Lipinski definition) is 2. The SMILES string of the molecule is CCC(CC)(Oc1cc2c(Nc3ccccc3F)ncnc2cc1OC)C(N)=O. The van der Waals surface area contributed by atoms with Crippen molar-refractivity contribution < 1.29 is 18.7 Å². The molecule has 0 saturated carbocycles. The summed E-state index contributed by atoms with van der Waals surface area (Å²) in [5.74, 6) is 0.160. The molecule has 29 heavy (non-hydrogen) atoms. The first kappa shape index (κ1) is 20.3. The molecule has 0 fully saturated rings. The third kappa shape index (κ3) is 3.91. The van der Waals surface area contributed by atoms with Crippen LogP contribution in [-0.4, -0.2) is 28.6 Å². The second kappa shape index (κ2) is 8.30. The van der Waals surface area contributed by atoms with Crippen LogP contribution >= 0.6 is 0 Å². The summed E-state index contributed by atoms with van der Waals surface area (Å²) in [6, 6.07) is 9.63. The van der Waals surface area contributed by atoms with Gasteiger partial charge in [-0.05, 0) is 31.0 Å². The number of methoxy groups -OCH3 is 1. The van der Waals surface area contributed by atoms with E-state index in [1.807, 2.05) is 13.8 Å². The number of amides is 1. The largest absolute Gasteiger partial charge is 0.493 e. The van der Waals surface area contributed by atoms with Crippen molar-refractivity contribution in [3.05, 3.63) is 48.5 Å². The number of nitrogens with zero attached hydrogens (tertiary/aromatic N) is 2. The second-order valence-corrected chi connectivity index (χ2v) is 6.52. The van der Waals surface area contributed by atoms with Gasteiger partial charge in [0.1, 0.15) is 18.0 Å². The van der Waals surface area contributed by atoms with Gasteiger partial charge in [-0.15, -0.1) is 0 Å². The van der Waals surface area contributed by atoms with E-state index in [1.165, 1.54) is 19.5 Å².